The zero-order valence-corrected chi connectivity index (χ0v) is 17.6. The molecule has 9 nitrogen and oxygen atoms in total. The molecule has 0 spiro atoms. The van der Waals surface area contributed by atoms with Gasteiger partial charge in [0.25, 0.3) is 5.56 Å². The summed E-state index contributed by atoms with van der Waals surface area (Å²) in [5.41, 5.74) is 0.441. The van der Waals surface area contributed by atoms with Crippen molar-refractivity contribution in [3.8, 4) is 0 Å². The van der Waals surface area contributed by atoms with E-state index in [-0.39, 0.29) is 42.6 Å². The number of hydrogen-bond donors (Lipinski definition) is 1. The first-order valence-corrected chi connectivity index (χ1v) is 10.7. The van der Waals surface area contributed by atoms with E-state index in [0.29, 0.717) is 21.8 Å². The highest BCUT2D eigenvalue weighted by atomic mass is 32.2. The molecule has 0 fully saturated rings. The number of fused-ring (bicyclic) bond motifs is 3. The van der Waals surface area contributed by atoms with Gasteiger partial charge >= 0.3 is 6.55 Å². The van der Waals surface area contributed by atoms with Crippen LogP contribution in [0, 0.1) is 0 Å². The Morgan fingerprint density at radius 2 is 2.09 bits per heavy atom. The van der Waals surface area contributed by atoms with Crippen LogP contribution in [0.25, 0.3) is 16.7 Å². The van der Waals surface area contributed by atoms with Crippen LogP contribution in [0.15, 0.2) is 59.3 Å². The second kappa shape index (κ2) is 9.30. The van der Waals surface area contributed by atoms with Crippen LogP contribution < -0.4 is 10.9 Å². The number of hydrogen-bond acceptors (Lipinski definition) is 6. The monoisotopic (exact) mass is 459 g/mol. The minimum atomic E-state index is -2.67. The lowest BCUT2D eigenvalue weighted by Gasteiger charge is -2.10. The summed E-state index contributed by atoms with van der Waals surface area (Å²) < 4.78 is 29.7. The highest BCUT2D eigenvalue weighted by Crippen LogP contribution is 2.21. The summed E-state index contributed by atoms with van der Waals surface area (Å²) >= 11 is 1.16. The van der Waals surface area contributed by atoms with Gasteiger partial charge in [-0.05, 0) is 12.1 Å². The third-order valence-corrected chi connectivity index (χ3v) is 5.68. The van der Waals surface area contributed by atoms with Gasteiger partial charge in [0.2, 0.25) is 11.7 Å². The SMILES string of the molecule is C=CCn1c(=O)c2ccccc2n2c(SCC(=O)NCCc3nccn3C(F)F)nnc12. The number of aromatic nitrogens is 6. The second-order valence-corrected chi connectivity index (χ2v) is 7.70. The molecule has 3 heterocycles. The minimum absolute atomic E-state index is 0.0407. The molecule has 0 radical (unpaired) electrons. The zero-order valence-electron chi connectivity index (χ0n) is 16.8. The number of para-hydroxylation sites is 1. The number of carbonyl (C=O) groups is 1. The molecule has 1 aromatic carbocycles. The summed E-state index contributed by atoms with van der Waals surface area (Å²) in [6.07, 6.45) is 4.28. The number of amides is 1. The summed E-state index contributed by atoms with van der Waals surface area (Å²) in [5.74, 6) is 0.308. The molecular formula is C20H19F2N7O2S. The van der Waals surface area contributed by atoms with Gasteiger partial charge in [-0.15, -0.1) is 16.8 Å². The van der Waals surface area contributed by atoms with E-state index in [1.165, 1.54) is 17.0 Å². The van der Waals surface area contributed by atoms with Crippen LogP contribution in [0.4, 0.5) is 8.78 Å². The number of nitrogens with zero attached hydrogens (tertiary/aromatic N) is 6. The van der Waals surface area contributed by atoms with Crippen molar-refractivity contribution in [2.45, 2.75) is 24.7 Å². The van der Waals surface area contributed by atoms with Crippen molar-refractivity contribution in [3.05, 3.63) is 65.5 Å². The molecule has 0 saturated heterocycles. The lowest BCUT2D eigenvalue weighted by molar-refractivity contribution is -0.118. The Kier molecular flexibility index (Phi) is 6.30. The zero-order chi connectivity index (χ0) is 22.7. The molecule has 166 valence electrons. The molecule has 4 rings (SSSR count). The molecule has 1 N–H and O–H groups in total. The van der Waals surface area contributed by atoms with Gasteiger partial charge in [-0.3, -0.25) is 23.1 Å². The standard InChI is InChI=1S/C20H19F2N7O2S/c1-2-10-28-17(31)13-5-3-4-6-14(13)29-19(28)25-26-20(29)32-12-16(30)24-8-7-15-23-9-11-27(15)18(21)22/h2-6,9,11,18H,1,7-8,10,12H2,(H,24,30). The predicted octanol–water partition coefficient (Wildman–Crippen LogP) is 2.27. The van der Waals surface area contributed by atoms with Crippen molar-refractivity contribution >= 4 is 34.3 Å². The maximum atomic E-state index is 12.9. The Bertz CT molecular complexity index is 1340. The molecule has 0 aliphatic heterocycles. The third kappa shape index (κ3) is 4.13. The number of allylic oxidation sites excluding steroid dienone is 1. The lowest BCUT2D eigenvalue weighted by atomic mass is 10.2. The molecule has 1 amide bonds. The van der Waals surface area contributed by atoms with E-state index < -0.39 is 6.55 Å². The smallest absolute Gasteiger partial charge is 0.319 e. The largest absolute Gasteiger partial charge is 0.355 e. The van der Waals surface area contributed by atoms with Crippen molar-refractivity contribution in [2.24, 2.45) is 0 Å². The van der Waals surface area contributed by atoms with Gasteiger partial charge in [-0.1, -0.05) is 30.0 Å². The summed E-state index contributed by atoms with van der Waals surface area (Å²) in [6.45, 7) is 1.46. The van der Waals surface area contributed by atoms with Crippen LogP contribution in [0.2, 0.25) is 0 Å². The topological polar surface area (TPSA) is 99.1 Å². The van der Waals surface area contributed by atoms with Crippen molar-refractivity contribution in [3.63, 3.8) is 0 Å². The Morgan fingerprint density at radius 1 is 1.28 bits per heavy atom. The molecule has 0 atom stereocenters. The lowest BCUT2D eigenvalue weighted by Crippen LogP contribution is -2.28. The molecule has 0 bridgehead atoms. The van der Waals surface area contributed by atoms with E-state index >= 15 is 0 Å². The van der Waals surface area contributed by atoms with Gasteiger partial charge in [0.05, 0.1) is 16.7 Å². The van der Waals surface area contributed by atoms with Crippen LogP contribution in [-0.4, -0.2) is 46.9 Å². The van der Waals surface area contributed by atoms with E-state index in [0.717, 1.165) is 16.3 Å². The first-order chi connectivity index (χ1) is 15.5. The average Bonchev–Trinajstić information content (AvgIpc) is 3.42. The summed E-state index contributed by atoms with van der Waals surface area (Å²) in [4.78, 5) is 29.0. The third-order valence-electron chi connectivity index (χ3n) is 4.75. The molecular weight excluding hydrogens is 440 g/mol. The highest BCUT2D eigenvalue weighted by molar-refractivity contribution is 7.99. The van der Waals surface area contributed by atoms with Crippen LogP contribution in [0.5, 0.6) is 0 Å². The normalized spacial score (nSPS) is 11.5. The first-order valence-electron chi connectivity index (χ1n) is 9.68. The fourth-order valence-corrected chi connectivity index (χ4v) is 4.10. The van der Waals surface area contributed by atoms with E-state index in [1.807, 2.05) is 6.07 Å². The quantitative estimate of drug-likeness (QED) is 0.305. The maximum Gasteiger partial charge on any atom is 0.319 e. The average molecular weight is 459 g/mol. The number of carbonyl (C=O) groups excluding carboxylic acids is 1. The molecule has 0 saturated carbocycles. The Hall–Kier alpha value is -3.54. The van der Waals surface area contributed by atoms with Gasteiger partial charge in [0.15, 0.2) is 5.16 Å². The van der Waals surface area contributed by atoms with Crippen LogP contribution in [0.3, 0.4) is 0 Å². The Balaban J connectivity index is 1.49. The predicted molar refractivity (Wildman–Crippen MR) is 116 cm³/mol. The van der Waals surface area contributed by atoms with Crippen LogP contribution in [0.1, 0.15) is 12.4 Å². The molecule has 3 aromatic heterocycles. The highest BCUT2D eigenvalue weighted by Gasteiger charge is 2.17. The Labute approximate surface area is 184 Å². The molecule has 12 heteroatoms. The minimum Gasteiger partial charge on any atom is -0.355 e. The van der Waals surface area contributed by atoms with Crippen molar-refractivity contribution in [2.75, 3.05) is 12.3 Å². The number of thioether (sulfide) groups is 1. The van der Waals surface area contributed by atoms with Gasteiger partial charge in [-0.2, -0.15) is 8.78 Å². The fraction of sp³-hybridized carbons (Fsp3) is 0.250. The summed E-state index contributed by atoms with van der Waals surface area (Å²) in [5, 5.41) is 12.0. The van der Waals surface area contributed by atoms with Crippen molar-refractivity contribution in [1.29, 1.82) is 0 Å². The van der Waals surface area contributed by atoms with Gasteiger partial charge in [-0.25, -0.2) is 4.98 Å². The van der Waals surface area contributed by atoms with Gasteiger partial charge < -0.3 is 5.32 Å². The number of rotatable bonds is 9. The van der Waals surface area contributed by atoms with E-state index in [9.17, 15) is 18.4 Å². The van der Waals surface area contributed by atoms with Crippen molar-refractivity contribution in [1.82, 2.24) is 34.0 Å². The maximum absolute atomic E-state index is 12.9. The van der Waals surface area contributed by atoms with Crippen LogP contribution in [-0.2, 0) is 17.8 Å². The first kappa shape index (κ1) is 21.7. The fourth-order valence-electron chi connectivity index (χ4n) is 3.33. The molecule has 0 unspecified atom stereocenters. The molecule has 32 heavy (non-hydrogen) atoms. The van der Waals surface area contributed by atoms with Gasteiger partial charge in [0.1, 0.15) is 5.82 Å². The summed E-state index contributed by atoms with van der Waals surface area (Å²) in [7, 11) is 0. The van der Waals surface area contributed by atoms with E-state index in [4.69, 9.17) is 0 Å². The number of halogens is 2. The van der Waals surface area contributed by atoms with Crippen LogP contribution >= 0.6 is 11.8 Å². The summed E-state index contributed by atoms with van der Waals surface area (Å²) in [6, 6.07) is 7.10. The van der Waals surface area contributed by atoms with E-state index in [1.54, 1.807) is 28.7 Å². The second-order valence-electron chi connectivity index (χ2n) is 6.76. The van der Waals surface area contributed by atoms with Crippen molar-refractivity contribution < 1.29 is 13.6 Å². The van der Waals surface area contributed by atoms with E-state index in [2.05, 4.69) is 27.1 Å². The number of alkyl halides is 2. The number of benzene rings is 1. The molecule has 4 aromatic rings. The number of nitrogens with one attached hydrogen (secondary N) is 1. The number of imidazole rings is 1. The molecule has 0 aliphatic carbocycles. The molecule has 0 aliphatic rings. The van der Waals surface area contributed by atoms with Gasteiger partial charge in [0, 0.05) is 31.9 Å². The Morgan fingerprint density at radius 3 is 2.88 bits per heavy atom.